The van der Waals surface area contributed by atoms with Crippen LogP contribution >= 0.6 is 11.6 Å². The van der Waals surface area contributed by atoms with Gasteiger partial charge in [-0.2, -0.15) is 0 Å². The molecular weight excluding hydrogens is 287 g/mol. The summed E-state index contributed by atoms with van der Waals surface area (Å²) in [5.74, 6) is -3.05. The summed E-state index contributed by atoms with van der Waals surface area (Å²) in [7, 11) is 0. The zero-order valence-corrected chi connectivity index (χ0v) is 11.5. The molecule has 1 N–H and O–H groups in total. The highest BCUT2D eigenvalue weighted by molar-refractivity contribution is 6.30. The van der Waals surface area contributed by atoms with Crippen molar-refractivity contribution < 1.29 is 13.2 Å². The summed E-state index contributed by atoms with van der Waals surface area (Å²) in [6.07, 6.45) is 0. The molecular formula is C15H13ClF3N. The number of hydrogen-bond donors (Lipinski definition) is 1. The summed E-state index contributed by atoms with van der Waals surface area (Å²) in [5, 5.41) is 3.60. The maximum atomic E-state index is 13.9. The van der Waals surface area contributed by atoms with Gasteiger partial charge in [-0.25, -0.2) is 13.2 Å². The molecule has 0 aliphatic carbocycles. The summed E-state index contributed by atoms with van der Waals surface area (Å²) in [6.45, 7) is 2.40. The Hall–Kier alpha value is -1.52. The third kappa shape index (κ3) is 3.14. The van der Waals surface area contributed by atoms with Crippen LogP contribution in [-0.2, 0) is 0 Å². The highest BCUT2D eigenvalue weighted by Crippen LogP contribution is 2.27. The Bertz CT molecular complexity index is 599. The molecule has 2 aromatic rings. The Kier molecular flexibility index (Phi) is 4.68. The van der Waals surface area contributed by atoms with Crippen LogP contribution in [0.15, 0.2) is 36.4 Å². The van der Waals surface area contributed by atoms with Crippen LogP contribution in [0.2, 0.25) is 5.02 Å². The lowest BCUT2D eigenvalue weighted by Crippen LogP contribution is -2.23. The van der Waals surface area contributed by atoms with Gasteiger partial charge in [0.25, 0.3) is 0 Å². The van der Waals surface area contributed by atoms with Crippen molar-refractivity contribution in [2.75, 3.05) is 6.54 Å². The largest absolute Gasteiger partial charge is 0.306 e. The number of nitrogens with one attached hydrogen (secondary N) is 1. The maximum Gasteiger partial charge on any atom is 0.161 e. The number of rotatable bonds is 4. The smallest absolute Gasteiger partial charge is 0.161 e. The first-order valence-electron chi connectivity index (χ1n) is 6.16. The molecule has 0 bridgehead atoms. The number of hydrogen-bond acceptors (Lipinski definition) is 1. The fraction of sp³-hybridized carbons (Fsp3) is 0.200. The topological polar surface area (TPSA) is 12.0 Å². The van der Waals surface area contributed by atoms with E-state index in [1.807, 2.05) is 6.92 Å². The van der Waals surface area contributed by atoms with Crippen molar-refractivity contribution in [3.8, 4) is 0 Å². The van der Waals surface area contributed by atoms with E-state index < -0.39 is 23.5 Å². The van der Waals surface area contributed by atoms with Gasteiger partial charge in [-0.3, -0.25) is 0 Å². The SMILES string of the molecule is CCNC(c1ccc(Cl)cc1)c1cc(F)c(F)cc1F. The van der Waals surface area contributed by atoms with Crippen LogP contribution in [0.4, 0.5) is 13.2 Å². The molecule has 1 nitrogen and oxygen atoms in total. The molecule has 2 aromatic carbocycles. The minimum Gasteiger partial charge on any atom is -0.306 e. The summed E-state index contributed by atoms with van der Waals surface area (Å²) < 4.78 is 40.3. The first kappa shape index (κ1) is 14.9. The molecule has 0 heterocycles. The lowest BCUT2D eigenvalue weighted by Gasteiger charge is -2.20. The van der Waals surface area contributed by atoms with Crippen molar-refractivity contribution in [3.05, 3.63) is 70.0 Å². The Morgan fingerprint density at radius 2 is 1.60 bits per heavy atom. The summed E-state index contributed by atoms with van der Waals surface area (Å²) >= 11 is 5.81. The second kappa shape index (κ2) is 6.29. The molecule has 0 radical (unpaired) electrons. The zero-order chi connectivity index (χ0) is 14.7. The molecule has 0 amide bonds. The predicted octanol–water partition coefficient (Wildman–Crippen LogP) is 4.46. The van der Waals surface area contributed by atoms with Crippen LogP contribution in [0.5, 0.6) is 0 Å². The van der Waals surface area contributed by atoms with Gasteiger partial charge in [0.1, 0.15) is 5.82 Å². The average molecular weight is 300 g/mol. The van der Waals surface area contributed by atoms with Crippen LogP contribution in [0.3, 0.4) is 0 Å². The lowest BCUT2D eigenvalue weighted by atomic mass is 9.98. The summed E-state index contributed by atoms with van der Waals surface area (Å²) in [5.41, 5.74) is 0.786. The van der Waals surface area contributed by atoms with Gasteiger partial charge < -0.3 is 5.32 Å². The second-order valence-corrected chi connectivity index (χ2v) is 4.77. The standard InChI is InChI=1S/C15H13ClF3N/c1-2-20-15(9-3-5-10(16)6-4-9)11-7-13(18)14(19)8-12(11)17/h3-8,15,20H,2H2,1H3. The van der Waals surface area contributed by atoms with Crippen molar-refractivity contribution in [3.63, 3.8) is 0 Å². The predicted molar refractivity (Wildman–Crippen MR) is 73.3 cm³/mol. The van der Waals surface area contributed by atoms with E-state index in [1.54, 1.807) is 24.3 Å². The fourth-order valence-electron chi connectivity index (χ4n) is 2.03. The van der Waals surface area contributed by atoms with E-state index in [0.29, 0.717) is 17.6 Å². The van der Waals surface area contributed by atoms with Gasteiger partial charge in [0.15, 0.2) is 11.6 Å². The highest BCUT2D eigenvalue weighted by atomic mass is 35.5. The van der Waals surface area contributed by atoms with Gasteiger partial charge in [0, 0.05) is 16.7 Å². The van der Waals surface area contributed by atoms with E-state index in [0.717, 1.165) is 11.6 Å². The third-order valence-corrected chi connectivity index (χ3v) is 3.21. The van der Waals surface area contributed by atoms with Gasteiger partial charge in [-0.1, -0.05) is 30.7 Å². The first-order valence-corrected chi connectivity index (χ1v) is 6.54. The molecule has 0 fully saturated rings. The monoisotopic (exact) mass is 299 g/mol. The average Bonchev–Trinajstić information content (AvgIpc) is 2.42. The normalized spacial score (nSPS) is 12.4. The van der Waals surface area contributed by atoms with Crippen molar-refractivity contribution >= 4 is 11.6 Å². The molecule has 0 saturated carbocycles. The molecule has 0 aliphatic rings. The Labute approximate surface area is 120 Å². The molecule has 0 spiro atoms. The van der Waals surface area contributed by atoms with Crippen LogP contribution in [0.25, 0.3) is 0 Å². The van der Waals surface area contributed by atoms with Crippen molar-refractivity contribution in [2.45, 2.75) is 13.0 Å². The number of halogens is 4. The Morgan fingerprint density at radius 1 is 1.00 bits per heavy atom. The highest BCUT2D eigenvalue weighted by Gasteiger charge is 2.19. The minimum atomic E-state index is -1.20. The van der Waals surface area contributed by atoms with Crippen molar-refractivity contribution in [1.82, 2.24) is 5.32 Å². The van der Waals surface area contributed by atoms with Crippen LogP contribution in [0.1, 0.15) is 24.1 Å². The molecule has 106 valence electrons. The van der Waals surface area contributed by atoms with Crippen LogP contribution < -0.4 is 5.32 Å². The molecule has 5 heteroatoms. The summed E-state index contributed by atoms with van der Waals surface area (Å²) in [4.78, 5) is 0. The van der Waals surface area contributed by atoms with Gasteiger partial charge in [-0.05, 0) is 30.3 Å². The van der Waals surface area contributed by atoms with E-state index in [9.17, 15) is 13.2 Å². The Balaban J connectivity index is 2.48. The molecule has 0 aliphatic heterocycles. The van der Waals surface area contributed by atoms with Crippen LogP contribution in [-0.4, -0.2) is 6.54 Å². The maximum absolute atomic E-state index is 13.9. The number of benzene rings is 2. The van der Waals surface area contributed by atoms with Crippen molar-refractivity contribution in [2.24, 2.45) is 0 Å². The summed E-state index contributed by atoms with van der Waals surface area (Å²) in [6, 6.07) is 7.65. The van der Waals surface area contributed by atoms with E-state index in [1.165, 1.54) is 0 Å². The van der Waals surface area contributed by atoms with E-state index in [-0.39, 0.29) is 5.56 Å². The van der Waals surface area contributed by atoms with E-state index in [4.69, 9.17) is 11.6 Å². The van der Waals surface area contributed by atoms with E-state index >= 15 is 0 Å². The molecule has 1 unspecified atom stereocenters. The molecule has 0 saturated heterocycles. The van der Waals surface area contributed by atoms with Gasteiger partial charge in [0.2, 0.25) is 0 Å². The van der Waals surface area contributed by atoms with Gasteiger partial charge in [-0.15, -0.1) is 0 Å². The third-order valence-electron chi connectivity index (χ3n) is 2.96. The molecule has 0 aromatic heterocycles. The second-order valence-electron chi connectivity index (χ2n) is 4.33. The molecule has 1 atom stereocenters. The van der Waals surface area contributed by atoms with Gasteiger partial charge >= 0.3 is 0 Å². The minimum absolute atomic E-state index is 0.0630. The van der Waals surface area contributed by atoms with Crippen molar-refractivity contribution in [1.29, 1.82) is 0 Å². The lowest BCUT2D eigenvalue weighted by molar-refractivity contribution is 0.481. The van der Waals surface area contributed by atoms with E-state index in [2.05, 4.69) is 5.32 Å². The zero-order valence-electron chi connectivity index (χ0n) is 10.8. The fourth-order valence-corrected chi connectivity index (χ4v) is 2.15. The van der Waals surface area contributed by atoms with Crippen LogP contribution in [0, 0.1) is 17.5 Å². The molecule has 20 heavy (non-hydrogen) atoms. The molecule has 2 rings (SSSR count). The van der Waals surface area contributed by atoms with Gasteiger partial charge in [0.05, 0.1) is 6.04 Å². The first-order chi connectivity index (χ1) is 9.52. The Morgan fingerprint density at radius 3 is 2.20 bits per heavy atom. The quantitative estimate of drug-likeness (QED) is 0.822.